The van der Waals surface area contributed by atoms with Crippen molar-refractivity contribution in [2.24, 2.45) is 10.9 Å². The summed E-state index contributed by atoms with van der Waals surface area (Å²) in [6.07, 6.45) is 0. The average molecular weight is 209 g/mol. The first-order valence-corrected chi connectivity index (χ1v) is 4.17. The molecule has 0 spiro atoms. The Balaban J connectivity index is 2.68. The fourth-order valence-electron chi connectivity index (χ4n) is 0.994. The van der Waals surface area contributed by atoms with Crippen molar-refractivity contribution in [3.05, 3.63) is 29.8 Å². The SMILES string of the molecule is N/C(=N/O)c1ccc(NCC(=O)O)cc1. The first kappa shape index (κ1) is 10.8. The molecule has 1 aromatic rings. The highest BCUT2D eigenvalue weighted by molar-refractivity contribution is 5.97. The lowest BCUT2D eigenvalue weighted by Gasteiger charge is -2.04. The normalized spacial score (nSPS) is 11.1. The molecule has 0 fully saturated rings. The molecule has 0 heterocycles. The standard InChI is InChI=1S/C9H11N3O3/c10-9(12-15)6-1-3-7(4-2-6)11-5-8(13)14/h1-4,11,15H,5H2,(H2,10,12)(H,13,14). The van der Waals surface area contributed by atoms with Crippen molar-refractivity contribution in [3.8, 4) is 0 Å². The van der Waals surface area contributed by atoms with Crippen LogP contribution in [0, 0.1) is 0 Å². The van der Waals surface area contributed by atoms with E-state index in [9.17, 15) is 4.79 Å². The smallest absolute Gasteiger partial charge is 0.322 e. The molecule has 0 amide bonds. The molecule has 80 valence electrons. The number of oxime groups is 1. The van der Waals surface area contributed by atoms with Gasteiger partial charge < -0.3 is 21.4 Å². The number of carboxylic acid groups (broad SMARTS) is 1. The lowest BCUT2D eigenvalue weighted by molar-refractivity contribution is -0.134. The van der Waals surface area contributed by atoms with Crippen LogP contribution in [0.15, 0.2) is 29.4 Å². The monoisotopic (exact) mass is 209 g/mol. The summed E-state index contributed by atoms with van der Waals surface area (Å²) in [4.78, 5) is 10.3. The van der Waals surface area contributed by atoms with Crippen LogP contribution in [0.5, 0.6) is 0 Å². The quantitative estimate of drug-likeness (QED) is 0.246. The van der Waals surface area contributed by atoms with Crippen molar-refractivity contribution in [2.75, 3.05) is 11.9 Å². The van der Waals surface area contributed by atoms with Gasteiger partial charge in [0.25, 0.3) is 0 Å². The second kappa shape index (κ2) is 4.85. The minimum Gasteiger partial charge on any atom is -0.480 e. The summed E-state index contributed by atoms with van der Waals surface area (Å²) in [6.45, 7) is -0.150. The van der Waals surface area contributed by atoms with Crippen LogP contribution in [0.1, 0.15) is 5.56 Å². The molecule has 0 aromatic heterocycles. The Labute approximate surface area is 86.0 Å². The number of carboxylic acids is 1. The van der Waals surface area contributed by atoms with Crippen LogP contribution in [-0.4, -0.2) is 28.7 Å². The third-order valence-electron chi connectivity index (χ3n) is 1.73. The zero-order valence-corrected chi connectivity index (χ0v) is 7.84. The minimum absolute atomic E-state index is 0.0137. The van der Waals surface area contributed by atoms with Gasteiger partial charge in [0.15, 0.2) is 5.84 Å². The van der Waals surface area contributed by atoms with E-state index in [1.165, 1.54) is 0 Å². The number of nitrogens with zero attached hydrogens (tertiary/aromatic N) is 1. The molecule has 0 unspecified atom stereocenters. The average Bonchev–Trinajstić information content (AvgIpc) is 2.26. The van der Waals surface area contributed by atoms with Gasteiger partial charge in [0.1, 0.15) is 6.54 Å². The van der Waals surface area contributed by atoms with E-state index in [-0.39, 0.29) is 12.4 Å². The predicted molar refractivity (Wildman–Crippen MR) is 55.1 cm³/mol. The molecule has 15 heavy (non-hydrogen) atoms. The molecule has 0 radical (unpaired) electrons. The lowest BCUT2D eigenvalue weighted by Crippen LogP contribution is -2.14. The van der Waals surface area contributed by atoms with Crippen molar-refractivity contribution in [1.82, 2.24) is 0 Å². The molecule has 6 heteroatoms. The summed E-state index contributed by atoms with van der Waals surface area (Å²) in [5.41, 5.74) is 6.58. The third kappa shape index (κ3) is 3.18. The van der Waals surface area contributed by atoms with E-state index in [1.54, 1.807) is 24.3 Å². The molecule has 0 bridgehead atoms. The zero-order valence-electron chi connectivity index (χ0n) is 7.84. The van der Waals surface area contributed by atoms with Crippen molar-refractivity contribution >= 4 is 17.5 Å². The number of benzene rings is 1. The van der Waals surface area contributed by atoms with Gasteiger partial charge in [0.05, 0.1) is 0 Å². The van der Waals surface area contributed by atoms with E-state index < -0.39 is 5.97 Å². The van der Waals surface area contributed by atoms with E-state index >= 15 is 0 Å². The number of rotatable bonds is 4. The number of amidine groups is 1. The predicted octanol–water partition coefficient (Wildman–Crippen LogP) is 0.278. The molecular formula is C9H11N3O3. The van der Waals surface area contributed by atoms with Crippen molar-refractivity contribution in [2.45, 2.75) is 0 Å². The number of anilines is 1. The molecule has 0 aliphatic carbocycles. The van der Waals surface area contributed by atoms with E-state index in [1.807, 2.05) is 0 Å². The van der Waals surface area contributed by atoms with Crippen LogP contribution < -0.4 is 11.1 Å². The molecule has 0 saturated carbocycles. The van der Waals surface area contributed by atoms with Crippen LogP contribution in [-0.2, 0) is 4.79 Å². The second-order valence-electron chi connectivity index (χ2n) is 2.81. The zero-order chi connectivity index (χ0) is 11.3. The second-order valence-corrected chi connectivity index (χ2v) is 2.81. The molecule has 1 rings (SSSR count). The van der Waals surface area contributed by atoms with E-state index in [0.717, 1.165) is 0 Å². The van der Waals surface area contributed by atoms with Gasteiger partial charge in [-0.1, -0.05) is 5.16 Å². The van der Waals surface area contributed by atoms with Crippen molar-refractivity contribution in [3.63, 3.8) is 0 Å². The van der Waals surface area contributed by atoms with Crippen LogP contribution in [0.25, 0.3) is 0 Å². The Hall–Kier alpha value is -2.24. The van der Waals surface area contributed by atoms with E-state index in [2.05, 4.69) is 10.5 Å². The first-order chi connectivity index (χ1) is 7.13. The molecule has 6 nitrogen and oxygen atoms in total. The third-order valence-corrected chi connectivity index (χ3v) is 1.73. The van der Waals surface area contributed by atoms with E-state index in [4.69, 9.17) is 16.0 Å². The molecule has 0 atom stereocenters. The van der Waals surface area contributed by atoms with Gasteiger partial charge in [0, 0.05) is 11.3 Å². The van der Waals surface area contributed by atoms with Crippen molar-refractivity contribution in [1.29, 1.82) is 0 Å². The maximum Gasteiger partial charge on any atom is 0.322 e. The van der Waals surface area contributed by atoms with E-state index in [0.29, 0.717) is 11.3 Å². The Bertz CT molecular complexity index is 373. The van der Waals surface area contributed by atoms with Gasteiger partial charge in [-0.05, 0) is 24.3 Å². The Morgan fingerprint density at radius 3 is 2.47 bits per heavy atom. The van der Waals surface area contributed by atoms with Crippen molar-refractivity contribution < 1.29 is 15.1 Å². The highest BCUT2D eigenvalue weighted by atomic mass is 16.4. The summed E-state index contributed by atoms with van der Waals surface area (Å²) in [7, 11) is 0. The highest BCUT2D eigenvalue weighted by Gasteiger charge is 2.00. The highest BCUT2D eigenvalue weighted by Crippen LogP contribution is 2.08. The first-order valence-electron chi connectivity index (χ1n) is 4.17. The largest absolute Gasteiger partial charge is 0.480 e. The summed E-state index contributed by atoms with van der Waals surface area (Å²) in [6, 6.07) is 6.55. The van der Waals surface area contributed by atoms with Gasteiger partial charge in [-0.3, -0.25) is 4.79 Å². The lowest BCUT2D eigenvalue weighted by atomic mass is 10.2. The fourth-order valence-corrected chi connectivity index (χ4v) is 0.994. The topological polar surface area (TPSA) is 108 Å². The molecule has 0 aliphatic heterocycles. The van der Waals surface area contributed by atoms with Crippen LogP contribution >= 0.6 is 0 Å². The number of nitrogens with one attached hydrogen (secondary N) is 1. The summed E-state index contributed by atoms with van der Waals surface area (Å²) >= 11 is 0. The molecule has 0 saturated heterocycles. The fraction of sp³-hybridized carbons (Fsp3) is 0.111. The number of nitrogens with two attached hydrogens (primary N) is 1. The van der Waals surface area contributed by atoms with Gasteiger partial charge in [-0.2, -0.15) is 0 Å². The summed E-state index contributed by atoms with van der Waals surface area (Å²) < 4.78 is 0. The van der Waals surface area contributed by atoms with Gasteiger partial charge >= 0.3 is 5.97 Å². The number of aliphatic carboxylic acids is 1. The maximum atomic E-state index is 10.3. The summed E-state index contributed by atoms with van der Waals surface area (Å²) in [5.74, 6) is -0.921. The van der Waals surface area contributed by atoms with Gasteiger partial charge in [0.2, 0.25) is 0 Å². The van der Waals surface area contributed by atoms with Crippen LogP contribution in [0.4, 0.5) is 5.69 Å². The molecule has 1 aromatic carbocycles. The molecule has 5 N–H and O–H groups in total. The molecular weight excluding hydrogens is 198 g/mol. The number of hydrogen-bond acceptors (Lipinski definition) is 4. The Morgan fingerprint density at radius 2 is 2.00 bits per heavy atom. The Kier molecular flexibility index (Phi) is 3.50. The molecule has 0 aliphatic rings. The number of carbonyl (C=O) groups is 1. The van der Waals surface area contributed by atoms with Crippen LogP contribution in [0.2, 0.25) is 0 Å². The minimum atomic E-state index is -0.935. The Morgan fingerprint density at radius 1 is 1.40 bits per heavy atom. The van der Waals surface area contributed by atoms with Gasteiger partial charge in [-0.15, -0.1) is 0 Å². The summed E-state index contributed by atoms with van der Waals surface area (Å²) in [5, 5.41) is 22.4. The van der Waals surface area contributed by atoms with Gasteiger partial charge in [-0.25, -0.2) is 0 Å². The number of hydrogen-bond donors (Lipinski definition) is 4. The maximum absolute atomic E-state index is 10.3. The van der Waals surface area contributed by atoms with Crippen LogP contribution in [0.3, 0.4) is 0 Å².